The fourth-order valence-electron chi connectivity index (χ4n) is 2.42. The van der Waals surface area contributed by atoms with Gasteiger partial charge in [0.1, 0.15) is 0 Å². The van der Waals surface area contributed by atoms with Crippen molar-refractivity contribution in [3.05, 3.63) is 70.6 Å². The van der Waals surface area contributed by atoms with Gasteiger partial charge in [-0.1, -0.05) is 29.8 Å². The van der Waals surface area contributed by atoms with Crippen LogP contribution in [-0.2, 0) is 0 Å². The number of methoxy groups -OCH3 is 1. The molecule has 0 radical (unpaired) electrons. The lowest BCUT2D eigenvalue weighted by Crippen LogP contribution is -2.13. The normalized spacial score (nSPS) is 12.0. The number of benzene rings is 1. The van der Waals surface area contributed by atoms with Gasteiger partial charge in [-0.2, -0.15) is 5.10 Å². The van der Waals surface area contributed by atoms with Crippen LogP contribution >= 0.6 is 11.6 Å². The summed E-state index contributed by atoms with van der Waals surface area (Å²) in [6.07, 6.45) is 5.40. The second-order valence-corrected chi connectivity index (χ2v) is 5.58. The number of rotatable bonds is 5. The summed E-state index contributed by atoms with van der Waals surface area (Å²) >= 11 is 6.38. The maximum absolute atomic E-state index is 6.38. The number of aromatic amines is 1. The second kappa shape index (κ2) is 6.71. The largest absolute Gasteiger partial charge is 0.481 e. The number of hydrogen-bond acceptors (Lipinski definition) is 4. The van der Waals surface area contributed by atoms with Gasteiger partial charge in [0, 0.05) is 22.8 Å². The van der Waals surface area contributed by atoms with Crippen LogP contribution in [0, 0.1) is 6.92 Å². The average molecular weight is 329 g/mol. The molecule has 0 aliphatic carbocycles. The van der Waals surface area contributed by atoms with Crippen LogP contribution < -0.4 is 10.1 Å². The maximum atomic E-state index is 6.38. The summed E-state index contributed by atoms with van der Waals surface area (Å²) in [5.41, 5.74) is 3.92. The highest BCUT2D eigenvalue weighted by molar-refractivity contribution is 6.31. The Balaban J connectivity index is 1.99. The molecule has 5 nitrogen and oxygen atoms in total. The Bertz CT molecular complexity index is 789. The molecule has 2 N–H and O–H groups in total. The fraction of sp³-hybridized carbons (Fsp3) is 0.176. The molecule has 2 aromatic heterocycles. The third kappa shape index (κ3) is 3.29. The lowest BCUT2D eigenvalue weighted by Gasteiger charge is -2.21. The van der Waals surface area contributed by atoms with Crippen LogP contribution in [0.3, 0.4) is 0 Å². The van der Waals surface area contributed by atoms with E-state index in [0.29, 0.717) is 10.9 Å². The fourth-order valence-corrected chi connectivity index (χ4v) is 2.66. The number of halogens is 1. The number of nitrogens with one attached hydrogen (secondary N) is 2. The Kier molecular flexibility index (Phi) is 4.48. The first-order chi connectivity index (χ1) is 11.2. The van der Waals surface area contributed by atoms with Gasteiger partial charge in [-0.15, -0.1) is 0 Å². The quantitative estimate of drug-likeness (QED) is 0.743. The van der Waals surface area contributed by atoms with E-state index in [4.69, 9.17) is 16.3 Å². The zero-order valence-electron chi connectivity index (χ0n) is 12.9. The predicted molar refractivity (Wildman–Crippen MR) is 91.0 cm³/mol. The van der Waals surface area contributed by atoms with Crippen LogP contribution in [0.25, 0.3) is 0 Å². The highest BCUT2D eigenvalue weighted by Crippen LogP contribution is 2.32. The lowest BCUT2D eigenvalue weighted by atomic mass is 10.0. The molecule has 3 rings (SSSR count). The van der Waals surface area contributed by atoms with Crippen LogP contribution in [0.15, 0.2) is 48.9 Å². The minimum absolute atomic E-state index is 0.128. The Morgan fingerprint density at radius 1 is 1.26 bits per heavy atom. The van der Waals surface area contributed by atoms with E-state index in [9.17, 15) is 0 Å². The molecular formula is C17H17ClN4O. The number of aryl methyl sites for hydroxylation is 1. The van der Waals surface area contributed by atoms with Crippen LogP contribution in [0.4, 0.5) is 5.69 Å². The van der Waals surface area contributed by atoms with Gasteiger partial charge in [0.25, 0.3) is 0 Å². The molecule has 118 valence electrons. The molecule has 0 fully saturated rings. The highest BCUT2D eigenvalue weighted by Gasteiger charge is 2.19. The maximum Gasteiger partial charge on any atom is 0.213 e. The van der Waals surface area contributed by atoms with Gasteiger partial charge in [-0.25, -0.2) is 4.98 Å². The van der Waals surface area contributed by atoms with Crippen LogP contribution in [-0.4, -0.2) is 22.3 Å². The molecular weight excluding hydrogens is 312 g/mol. The van der Waals surface area contributed by atoms with Crippen LogP contribution in [0.2, 0.25) is 5.02 Å². The van der Waals surface area contributed by atoms with E-state index in [0.717, 1.165) is 22.4 Å². The number of ether oxygens (including phenoxy) is 1. The van der Waals surface area contributed by atoms with E-state index in [2.05, 4.69) is 20.5 Å². The Hall–Kier alpha value is -2.53. The molecule has 0 aliphatic heterocycles. The van der Waals surface area contributed by atoms with E-state index in [-0.39, 0.29) is 6.04 Å². The summed E-state index contributed by atoms with van der Waals surface area (Å²) in [6.45, 7) is 2.01. The summed E-state index contributed by atoms with van der Waals surface area (Å²) < 4.78 is 5.16. The number of pyridine rings is 1. The average Bonchev–Trinajstić information content (AvgIpc) is 3.09. The zero-order chi connectivity index (χ0) is 16.2. The first-order valence-electron chi connectivity index (χ1n) is 7.19. The van der Waals surface area contributed by atoms with Crippen molar-refractivity contribution in [1.82, 2.24) is 15.2 Å². The number of H-pyrrole nitrogens is 1. The first-order valence-corrected chi connectivity index (χ1v) is 7.57. The molecule has 0 amide bonds. The van der Waals surface area contributed by atoms with Gasteiger partial charge in [-0.3, -0.25) is 5.10 Å². The highest BCUT2D eigenvalue weighted by atomic mass is 35.5. The van der Waals surface area contributed by atoms with E-state index in [1.54, 1.807) is 19.5 Å². The number of anilines is 1. The van der Waals surface area contributed by atoms with Crippen molar-refractivity contribution in [2.45, 2.75) is 13.0 Å². The molecule has 2 heterocycles. The molecule has 6 heteroatoms. The monoisotopic (exact) mass is 328 g/mol. The van der Waals surface area contributed by atoms with E-state index in [1.165, 1.54) is 0 Å². The number of aromatic nitrogens is 3. The summed E-state index contributed by atoms with van der Waals surface area (Å²) in [4.78, 5) is 4.27. The predicted octanol–water partition coefficient (Wildman–Crippen LogP) is 3.98. The molecule has 1 unspecified atom stereocenters. The molecule has 1 aromatic carbocycles. The third-order valence-electron chi connectivity index (χ3n) is 3.66. The molecule has 23 heavy (non-hydrogen) atoms. The van der Waals surface area contributed by atoms with Crippen molar-refractivity contribution in [2.24, 2.45) is 0 Å². The van der Waals surface area contributed by atoms with Crippen LogP contribution in [0.1, 0.15) is 22.7 Å². The Morgan fingerprint density at radius 3 is 2.74 bits per heavy atom. The molecule has 1 atom stereocenters. The van der Waals surface area contributed by atoms with Crippen molar-refractivity contribution in [2.75, 3.05) is 12.4 Å². The van der Waals surface area contributed by atoms with Gasteiger partial charge in [-0.05, 0) is 24.1 Å². The van der Waals surface area contributed by atoms with Crippen molar-refractivity contribution >= 4 is 17.3 Å². The smallest absolute Gasteiger partial charge is 0.213 e. The molecule has 0 saturated heterocycles. The Morgan fingerprint density at radius 2 is 2.09 bits per heavy atom. The van der Waals surface area contributed by atoms with E-state index in [1.807, 2.05) is 43.5 Å². The minimum atomic E-state index is -0.128. The van der Waals surface area contributed by atoms with Gasteiger partial charge in [0.2, 0.25) is 5.88 Å². The van der Waals surface area contributed by atoms with Crippen molar-refractivity contribution in [1.29, 1.82) is 0 Å². The minimum Gasteiger partial charge on any atom is -0.481 e. The third-order valence-corrected chi connectivity index (χ3v) is 4.01. The Labute approximate surface area is 139 Å². The molecule has 0 aliphatic rings. The molecule has 3 aromatic rings. The summed E-state index contributed by atoms with van der Waals surface area (Å²) in [6, 6.07) is 9.52. The van der Waals surface area contributed by atoms with Gasteiger partial charge >= 0.3 is 0 Å². The van der Waals surface area contributed by atoms with Gasteiger partial charge in [0.15, 0.2) is 0 Å². The summed E-state index contributed by atoms with van der Waals surface area (Å²) in [5.74, 6) is 0.589. The van der Waals surface area contributed by atoms with Crippen molar-refractivity contribution in [3.63, 3.8) is 0 Å². The zero-order valence-corrected chi connectivity index (χ0v) is 13.6. The standard InChI is InChI=1S/C17H17ClN4O/c1-11-7-16(23-2)19-10-15(11)22-17(12-8-20-21-9-12)13-5-3-4-6-14(13)18/h3-10,17,22H,1-2H3,(H,20,21). The lowest BCUT2D eigenvalue weighted by molar-refractivity contribution is 0.397. The first kappa shape index (κ1) is 15.4. The van der Waals surface area contributed by atoms with Crippen molar-refractivity contribution < 1.29 is 4.74 Å². The van der Waals surface area contributed by atoms with Gasteiger partial charge < -0.3 is 10.1 Å². The summed E-state index contributed by atoms with van der Waals surface area (Å²) in [5, 5.41) is 11.1. The summed E-state index contributed by atoms with van der Waals surface area (Å²) in [7, 11) is 1.60. The van der Waals surface area contributed by atoms with Crippen LogP contribution in [0.5, 0.6) is 5.88 Å². The molecule has 0 bridgehead atoms. The van der Waals surface area contributed by atoms with Gasteiger partial charge in [0.05, 0.1) is 31.2 Å². The number of nitrogens with zero attached hydrogens (tertiary/aromatic N) is 2. The molecule has 0 spiro atoms. The SMILES string of the molecule is COc1cc(C)c(NC(c2cn[nH]c2)c2ccccc2Cl)cn1. The molecule has 0 saturated carbocycles. The van der Waals surface area contributed by atoms with E-state index < -0.39 is 0 Å². The number of hydrogen-bond donors (Lipinski definition) is 2. The second-order valence-electron chi connectivity index (χ2n) is 5.17. The van der Waals surface area contributed by atoms with Crippen molar-refractivity contribution in [3.8, 4) is 5.88 Å². The topological polar surface area (TPSA) is 62.8 Å². The van der Waals surface area contributed by atoms with E-state index >= 15 is 0 Å².